The molecule has 2 unspecified atom stereocenters. The summed E-state index contributed by atoms with van der Waals surface area (Å²) in [7, 11) is 4.31. The highest BCUT2D eigenvalue weighted by atomic mass is 32.2. The molecule has 108 valence electrons. The molecule has 0 bridgehead atoms. The van der Waals surface area contributed by atoms with Gasteiger partial charge >= 0.3 is 0 Å². The molecule has 2 atom stereocenters. The third kappa shape index (κ3) is 2.20. The number of fused-ring (bicyclic) bond motifs is 2. The summed E-state index contributed by atoms with van der Waals surface area (Å²) in [5.41, 5.74) is 3.17. The minimum atomic E-state index is 0.275. The van der Waals surface area contributed by atoms with Gasteiger partial charge in [-0.3, -0.25) is 5.32 Å². The van der Waals surface area contributed by atoms with E-state index in [4.69, 9.17) is 0 Å². The third-order valence-electron chi connectivity index (χ3n) is 3.96. The second-order valence-corrected chi connectivity index (χ2v) is 7.51. The maximum Gasteiger partial charge on any atom is 0.134 e. The van der Waals surface area contributed by atoms with E-state index in [0.717, 1.165) is 0 Å². The van der Waals surface area contributed by atoms with Crippen molar-refractivity contribution in [2.45, 2.75) is 20.8 Å². The van der Waals surface area contributed by atoms with Crippen molar-refractivity contribution >= 4 is 34.9 Å². The van der Waals surface area contributed by atoms with Crippen molar-refractivity contribution < 1.29 is 0 Å². The van der Waals surface area contributed by atoms with Gasteiger partial charge in [0.25, 0.3) is 0 Å². The van der Waals surface area contributed by atoms with Crippen LogP contribution in [-0.2, 0) is 0 Å². The van der Waals surface area contributed by atoms with Gasteiger partial charge in [0, 0.05) is 23.9 Å². The number of benzene rings is 2. The van der Waals surface area contributed by atoms with Gasteiger partial charge < -0.3 is 9.80 Å². The topological polar surface area (TPSA) is 18.5 Å². The highest BCUT2D eigenvalue weighted by Gasteiger charge is 2.33. The van der Waals surface area contributed by atoms with E-state index in [-0.39, 0.29) is 11.0 Å². The van der Waals surface area contributed by atoms with Crippen LogP contribution < -0.4 is 15.1 Å². The molecule has 5 heteroatoms. The van der Waals surface area contributed by atoms with Gasteiger partial charge in [0.05, 0.1) is 11.4 Å². The zero-order chi connectivity index (χ0) is 14.4. The maximum atomic E-state index is 3.75. The number of thioether (sulfide) groups is 2. The van der Waals surface area contributed by atoms with Crippen LogP contribution >= 0.6 is 23.5 Å². The Kier molecular flexibility index (Phi) is 3.28. The lowest BCUT2D eigenvalue weighted by Crippen LogP contribution is -2.48. The Morgan fingerprint density at radius 2 is 1.19 bits per heavy atom. The van der Waals surface area contributed by atoms with Gasteiger partial charge in [-0.2, -0.15) is 0 Å². The summed E-state index contributed by atoms with van der Waals surface area (Å²) in [5.74, 6) is 0. The Morgan fingerprint density at radius 3 is 1.62 bits per heavy atom. The van der Waals surface area contributed by atoms with Crippen LogP contribution in [0.2, 0.25) is 0 Å². The van der Waals surface area contributed by atoms with E-state index < -0.39 is 0 Å². The highest BCUT2D eigenvalue weighted by Crippen LogP contribution is 2.45. The Morgan fingerprint density at radius 1 is 0.762 bits per heavy atom. The molecule has 0 saturated carbocycles. The van der Waals surface area contributed by atoms with Crippen LogP contribution in [0.1, 0.15) is 0 Å². The van der Waals surface area contributed by atoms with Crippen LogP contribution in [0.4, 0.5) is 11.4 Å². The zero-order valence-electron chi connectivity index (χ0n) is 12.0. The molecule has 2 aromatic carbocycles. The Labute approximate surface area is 133 Å². The summed E-state index contributed by atoms with van der Waals surface area (Å²) < 4.78 is 0. The fraction of sp³-hybridized carbons (Fsp3) is 0.250. The van der Waals surface area contributed by atoms with Gasteiger partial charge in [-0.05, 0) is 24.3 Å². The van der Waals surface area contributed by atoms with Crippen molar-refractivity contribution in [2.24, 2.45) is 0 Å². The first-order chi connectivity index (χ1) is 10.2. The van der Waals surface area contributed by atoms with Crippen LogP contribution in [0.3, 0.4) is 0 Å². The van der Waals surface area contributed by atoms with Gasteiger partial charge in [0.15, 0.2) is 0 Å². The van der Waals surface area contributed by atoms with Crippen molar-refractivity contribution in [3.05, 3.63) is 48.5 Å². The van der Waals surface area contributed by atoms with Crippen molar-refractivity contribution in [3.8, 4) is 0 Å². The summed E-state index contributed by atoms with van der Waals surface area (Å²) in [5, 5.41) is 3.75. The lowest BCUT2D eigenvalue weighted by atomic mass is 10.3. The number of hydrogen-bond donors (Lipinski definition) is 1. The standard InChI is InChI=1S/C16H17N3S2/c1-18-11-7-3-5-9-13(11)20-15(18)17-16-19(2)12-8-4-6-10-14(12)21-16/h3-10,15-17H,1-2H3. The van der Waals surface area contributed by atoms with Crippen molar-refractivity contribution in [1.29, 1.82) is 0 Å². The smallest absolute Gasteiger partial charge is 0.134 e. The van der Waals surface area contributed by atoms with E-state index in [1.165, 1.54) is 21.2 Å². The van der Waals surface area contributed by atoms with Crippen LogP contribution in [0.5, 0.6) is 0 Å². The molecule has 2 aliphatic heterocycles. The molecule has 0 radical (unpaired) electrons. The number of nitrogens with zero attached hydrogens (tertiary/aromatic N) is 2. The summed E-state index contributed by atoms with van der Waals surface area (Å²) in [4.78, 5) is 7.33. The van der Waals surface area contributed by atoms with Crippen molar-refractivity contribution in [3.63, 3.8) is 0 Å². The first-order valence-corrected chi connectivity index (χ1v) is 8.73. The predicted molar refractivity (Wildman–Crippen MR) is 92.1 cm³/mol. The Bertz CT molecular complexity index is 619. The lowest BCUT2D eigenvalue weighted by molar-refractivity contribution is 0.610. The molecule has 0 fully saturated rings. The zero-order valence-corrected chi connectivity index (χ0v) is 13.6. The summed E-state index contributed by atoms with van der Waals surface area (Å²) in [6.07, 6.45) is 0. The molecule has 2 aromatic rings. The fourth-order valence-electron chi connectivity index (χ4n) is 2.76. The molecule has 3 nitrogen and oxygen atoms in total. The van der Waals surface area contributed by atoms with E-state index in [0.29, 0.717) is 0 Å². The van der Waals surface area contributed by atoms with Gasteiger partial charge in [-0.1, -0.05) is 47.8 Å². The third-order valence-corrected chi connectivity index (χ3v) is 6.51. The molecule has 0 aliphatic carbocycles. The average molecular weight is 315 g/mol. The first-order valence-electron chi connectivity index (χ1n) is 6.97. The molecule has 1 N–H and O–H groups in total. The normalized spacial score (nSPS) is 23.3. The van der Waals surface area contributed by atoms with Crippen LogP contribution in [0, 0.1) is 0 Å². The van der Waals surface area contributed by atoms with Crippen LogP contribution in [-0.4, -0.2) is 25.1 Å². The summed E-state index contributed by atoms with van der Waals surface area (Å²) in [6, 6.07) is 17.2. The second kappa shape index (κ2) is 5.16. The minimum absolute atomic E-state index is 0.275. The largest absolute Gasteiger partial charge is 0.349 e. The fourth-order valence-corrected chi connectivity index (χ4v) is 5.25. The molecule has 0 aromatic heterocycles. The summed E-state index contributed by atoms with van der Waals surface area (Å²) in [6.45, 7) is 0. The van der Waals surface area contributed by atoms with Gasteiger partial charge in [-0.15, -0.1) is 0 Å². The SMILES string of the molecule is CN1c2ccccc2SC1NC1Sc2ccccc2N1C. The Hall–Kier alpha value is -1.30. The van der Waals surface area contributed by atoms with E-state index in [1.807, 2.05) is 23.5 Å². The molecular formula is C16H17N3S2. The number of para-hydroxylation sites is 2. The van der Waals surface area contributed by atoms with Gasteiger partial charge in [0.1, 0.15) is 11.0 Å². The van der Waals surface area contributed by atoms with Crippen LogP contribution in [0.15, 0.2) is 58.3 Å². The van der Waals surface area contributed by atoms with E-state index in [2.05, 4.69) is 77.7 Å². The Balaban J connectivity index is 1.52. The average Bonchev–Trinajstić information content (AvgIpc) is 2.99. The molecule has 0 spiro atoms. The quantitative estimate of drug-likeness (QED) is 0.909. The second-order valence-electron chi connectivity index (χ2n) is 5.26. The van der Waals surface area contributed by atoms with Gasteiger partial charge in [0.2, 0.25) is 0 Å². The molecule has 4 rings (SSSR count). The number of anilines is 2. The van der Waals surface area contributed by atoms with E-state index in [9.17, 15) is 0 Å². The molecule has 2 heterocycles. The first kappa shape index (κ1) is 13.4. The molecule has 0 amide bonds. The van der Waals surface area contributed by atoms with E-state index in [1.54, 1.807) is 0 Å². The lowest BCUT2D eigenvalue weighted by Gasteiger charge is -2.29. The van der Waals surface area contributed by atoms with E-state index >= 15 is 0 Å². The van der Waals surface area contributed by atoms with Crippen molar-refractivity contribution in [1.82, 2.24) is 5.32 Å². The number of rotatable bonds is 2. The minimum Gasteiger partial charge on any atom is -0.349 e. The van der Waals surface area contributed by atoms with Crippen molar-refractivity contribution in [2.75, 3.05) is 23.9 Å². The monoisotopic (exact) mass is 315 g/mol. The molecular weight excluding hydrogens is 298 g/mol. The molecule has 2 aliphatic rings. The molecule has 0 saturated heterocycles. The predicted octanol–water partition coefficient (Wildman–Crippen LogP) is 3.63. The number of hydrogen-bond acceptors (Lipinski definition) is 5. The van der Waals surface area contributed by atoms with Gasteiger partial charge in [-0.25, -0.2) is 0 Å². The highest BCUT2D eigenvalue weighted by molar-refractivity contribution is 8.01. The maximum absolute atomic E-state index is 3.75. The summed E-state index contributed by atoms with van der Waals surface area (Å²) >= 11 is 3.77. The molecule has 21 heavy (non-hydrogen) atoms. The van der Waals surface area contributed by atoms with Crippen LogP contribution in [0.25, 0.3) is 0 Å². The number of nitrogens with one attached hydrogen (secondary N) is 1.